The first-order valence-corrected chi connectivity index (χ1v) is 4.91. The molecule has 0 saturated heterocycles. The normalized spacial score (nSPS) is 11.2. The van der Waals surface area contributed by atoms with Crippen LogP contribution in [0, 0.1) is 0 Å². The van der Waals surface area contributed by atoms with Crippen LogP contribution < -0.4 is 0 Å². The summed E-state index contributed by atoms with van der Waals surface area (Å²) >= 11 is 0. The molecule has 0 atom stereocenters. The molecule has 0 spiro atoms. The molecule has 0 saturated carbocycles. The van der Waals surface area contributed by atoms with Crippen molar-refractivity contribution in [2.45, 2.75) is 13.3 Å². The first kappa shape index (κ1) is 8.95. The average molecular weight is 183 g/mol. The summed E-state index contributed by atoms with van der Waals surface area (Å²) in [6.45, 7) is 2.13. The molecule has 1 heteroatoms. The average Bonchev–Trinajstić information content (AvgIpc) is 2.26. The largest absolute Gasteiger partial charge is 0.256 e. The second-order valence-corrected chi connectivity index (χ2v) is 3.27. The Labute approximate surface area is 84.1 Å². The lowest BCUT2D eigenvalue weighted by atomic mass is 10.1. The van der Waals surface area contributed by atoms with Crippen molar-refractivity contribution < 1.29 is 0 Å². The van der Waals surface area contributed by atoms with Crippen LogP contribution in [-0.2, 0) is 0 Å². The minimum absolute atomic E-state index is 1.06. The quantitative estimate of drug-likeness (QED) is 0.692. The Bertz CT molecular complexity index is 457. The number of nitrogens with zero attached hydrogens (tertiary/aromatic N) is 1. The van der Waals surface area contributed by atoms with Crippen molar-refractivity contribution in [3.05, 3.63) is 48.2 Å². The van der Waals surface area contributed by atoms with Gasteiger partial charge >= 0.3 is 0 Å². The summed E-state index contributed by atoms with van der Waals surface area (Å²) in [5, 5.41) is 1.20. The summed E-state index contributed by atoms with van der Waals surface area (Å²) in [7, 11) is 0. The highest BCUT2D eigenvalue weighted by Gasteiger charge is 1.93. The summed E-state index contributed by atoms with van der Waals surface area (Å²) in [5.41, 5.74) is 2.28. The number of pyridine rings is 1. The van der Waals surface area contributed by atoms with E-state index in [2.05, 4.69) is 48.3 Å². The molecule has 2 aromatic rings. The lowest BCUT2D eigenvalue weighted by Gasteiger charge is -1.97. The lowest BCUT2D eigenvalue weighted by molar-refractivity contribution is 1.23. The molecule has 1 nitrogen and oxygen atoms in total. The van der Waals surface area contributed by atoms with Gasteiger partial charge in [0.1, 0.15) is 0 Å². The molecule has 1 aromatic carbocycles. The molecular formula is C13H13N. The third-order valence-corrected chi connectivity index (χ3v) is 2.18. The second kappa shape index (κ2) is 4.05. The van der Waals surface area contributed by atoms with Crippen molar-refractivity contribution in [1.82, 2.24) is 4.98 Å². The van der Waals surface area contributed by atoms with E-state index in [-0.39, 0.29) is 0 Å². The summed E-state index contributed by atoms with van der Waals surface area (Å²) in [6, 6.07) is 10.4. The van der Waals surface area contributed by atoms with Crippen molar-refractivity contribution in [2.75, 3.05) is 0 Å². The molecule has 0 bridgehead atoms. The standard InChI is InChI=1S/C13H13N/c1-2-3-5-11-7-8-12-6-4-9-14-13(12)10-11/h3-10H,2H2,1H3/b5-3+. The Kier molecular flexibility index (Phi) is 2.59. The van der Waals surface area contributed by atoms with Gasteiger partial charge in [-0.2, -0.15) is 0 Å². The maximum Gasteiger partial charge on any atom is 0.0707 e. The molecule has 0 radical (unpaired) electrons. The molecule has 0 fully saturated rings. The highest BCUT2D eigenvalue weighted by Crippen LogP contribution is 2.14. The van der Waals surface area contributed by atoms with E-state index >= 15 is 0 Å². The van der Waals surface area contributed by atoms with Gasteiger partial charge in [-0.05, 0) is 24.1 Å². The lowest BCUT2D eigenvalue weighted by Crippen LogP contribution is -1.78. The van der Waals surface area contributed by atoms with Gasteiger partial charge in [-0.15, -0.1) is 0 Å². The Balaban J connectivity index is 2.46. The Hall–Kier alpha value is -1.63. The molecule has 0 aliphatic heterocycles. The van der Waals surface area contributed by atoms with Gasteiger partial charge in [-0.25, -0.2) is 0 Å². The maximum absolute atomic E-state index is 4.32. The molecular weight excluding hydrogens is 170 g/mol. The van der Waals surface area contributed by atoms with Crippen LogP contribution >= 0.6 is 0 Å². The number of rotatable bonds is 2. The number of hydrogen-bond acceptors (Lipinski definition) is 1. The van der Waals surface area contributed by atoms with Crippen molar-refractivity contribution in [2.24, 2.45) is 0 Å². The minimum atomic E-state index is 1.06. The molecule has 0 aliphatic carbocycles. The van der Waals surface area contributed by atoms with Crippen LogP contribution in [0.1, 0.15) is 18.9 Å². The zero-order chi connectivity index (χ0) is 9.80. The van der Waals surface area contributed by atoms with Gasteiger partial charge < -0.3 is 0 Å². The van der Waals surface area contributed by atoms with Crippen LogP contribution in [0.4, 0.5) is 0 Å². The zero-order valence-electron chi connectivity index (χ0n) is 8.27. The number of hydrogen-bond donors (Lipinski definition) is 0. The van der Waals surface area contributed by atoms with Gasteiger partial charge in [0.2, 0.25) is 0 Å². The fourth-order valence-corrected chi connectivity index (χ4v) is 1.44. The molecule has 14 heavy (non-hydrogen) atoms. The topological polar surface area (TPSA) is 12.9 Å². The molecule has 0 amide bonds. The van der Waals surface area contributed by atoms with Crippen LogP contribution in [0.3, 0.4) is 0 Å². The maximum atomic E-state index is 4.32. The van der Waals surface area contributed by atoms with Gasteiger partial charge in [-0.3, -0.25) is 4.98 Å². The van der Waals surface area contributed by atoms with Gasteiger partial charge in [0.15, 0.2) is 0 Å². The van der Waals surface area contributed by atoms with Crippen LogP contribution in [0.5, 0.6) is 0 Å². The van der Waals surface area contributed by atoms with Gasteiger partial charge in [-0.1, -0.05) is 37.3 Å². The molecule has 0 unspecified atom stereocenters. The van der Waals surface area contributed by atoms with Crippen LogP contribution in [0.2, 0.25) is 0 Å². The predicted molar refractivity (Wildman–Crippen MR) is 61.1 cm³/mol. The number of allylic oxidation sites excluding steroid dienone is 1. The summed E-state index contributed by atoms with van der Waals surface area (Å²) in [6.07, 6.45) is 7.19. The summed E-state index contributed by atoms with van der Waals surface area (Å²) in [5.74, 6) is 0. The highest BCUT2D eigenvalue weighted by molar-refractivity contribution is 5.80. The number of fused-ring (bicyclic) bond motifs is 1. The van der Waals surface area contributed by atoms with Crippen LogP contribution in [0.15, 0.2) is 42.6 Å². The van der Waals surface area contributed by atoms with Crippen LogP contribution in [-0.4, -0.2) is 4.98 Å². The fraction of sp³-hybridized carbons (Fsp3) is 0.154. The number of aromatic nitrogens is 1. The predicted octanol–water partition coefficient (Wildman–Crippen LogP) is 3.66. The van der Waals surface area contributed by atoms with E-state index in [0.717, 1.165) is 11.9 Å². The second-order valence-electron chi connectivity index (χ2n) is 3.27. The summed E-state index contributed by atoms with van der Waals surface area (Å²) < 4.78 is 0. The molecule has 2 rings (SSSR count). The Morgan fingerprint density at radius 1 is 1.29 bits per heavy atom. The smallest absolute Gasteiger partial charge is 0.0707 e. The monoisotopic (exact) mass is 183 g/mol. The zero-order valence-corrected chi connectivity index (χ0v) is 8.27. The van der Waals surface area contributed by atoms with Crippen molar-refractivity contribution in [3.63, 3.8) is 0 Å². The van der Waals surface area contributed by atoms with E-state index < -0.39 is 0 Å². The van der Waals surface area contributed by atoms with Gasteiger partial charge in [0.25, 0.3) is 0 Å². The third kappa shape index (κ3) is 1.82. The van der Waals surface area contributed by atoms with E-state index in [4.69, 9.17) is 0 Å². The fourth-order valence-electron chi connectivity index (χ4n) is 1.44. The van der Waals surface area contributed by atoms with E-state index in [9.17, 15) is 0 Å². The minimum Gasteiger partial charge on any atom is -0.256 e. The summed E-state index contributed by atoms with van der Waals surface area (Å²) in [4.78, 5) is 4.32. The Morgan fingerprint density at radius 2 is 2.21 bits per heavy atom. The third-order valence-electron chi connectivity index (χ3n) is 2.18. The van der Waals surface area contributed by atoms with E-state index in [1.807, 2.05) is 12.3 Å². The Morgan fingerprint density at radius 3 is 3.07 bits per heavy atom. The van der Waals surface area contributed by atoms with Crippen molar-refractivity contribution in [1.29, 1.82) is 0 Å². The van der Waals surface area contributed by atoms with Crippen molar-refractivity contribution in [3.8, 4) is 0 Å². The SMILES string of the molecule is CC/C=C/c1ccc2cccnc2c1. The van der Waals surface area contributed by atoms with Crippen LogP contribution in [0.25, 0.3) is 17.0 Å². The van der Waals surface area contributed by atoms with E-state index in [1.165, 1.54) is 10.9 Å². The highest BCUT2D eigenvalue weighted by atomic mass is 14.6. The first-order chi connectivity index (χ1) is 6.90. The van der Waals surface area contributed by atoms with E-state index in [1.54, 1.807) is 0 Å². The molecule has 1 heterocycles. The van der Waals surface area contributed by atoms with Gasteiger partial charge in [0, 0.05) is 11.6 Å². The van der Waals surface area contributed by atoms with Crippen molar-refractivity contribution >= 4 is 17.0 Å². The molecule has 1 aromatic heterocycles. The first-order valence-electron chi connectivity index (χ1n) is 4.91. The van der Waals surface area contributed by atoms with E-state index in [0.29, 0.717) is 0 Å². The molecule has 70 valence electrons. The molecule has 0 aliphatic rings. The number of benzene rings is 1. The van der Waals surface area contributed by atoms with Gasteiger partial charge in [0.05, 0.1) is 5.52 Å². The molecule has 0 N–H and O–H groups in total.